The molecule has 2 nitrogen and oxygen atoms in total. The third-order valence-electron chi connectivity index (χ3n) is 3.24. The number of pyridine rings is 1. The average molecular weight is 289 g/mol. The van der Waals surface area contributed by atoms with Crippen LogP contribution in [0.15, 0.2) is 36.4 Å². The first-order chi connectivity index (χ1) is 9.60. The highest BCUT2D eigenvalue weighted by atomic mass is 35.5. The minimum Gasteiger partial charge on any atom is -0.306 e. The molecule has 0 aliphatic carbocycles. The summed E-state index contributed by atoms with van der Waals surface area (Å²) in [4.78, 5) is 4.46. The Morgan fingerprint density at radius 3 is 2.20 bits per heavy atom. The van der Waals surface area contributed by atoms with Gasteiger partial charge in [-0.1, -0.05) is 30.7 Å². The molecular formula is C17H21ClN2. The summed E-state index contributed by atoms with van der Waals surface area (Å²) in [6, 6.07) is 12.5. The van der Waals surface area contributed by atoms with Gasteiger partial charge in [-0.25, -0.2) is 0 Å². The fraction of sp³-hybridized carbons (Fsp3) is 0.353. The van der Waals surface area contributed by atoms with Gasteiger partial charge in [0.25, 0.3) is 0 Å². The molecule has 0 radical (unpaired) electrons. The quantitative estimate of drug-likeness (QED) is 0.880. The van der Waals surface area contributed by atoms with E-state index in [4.69, 9.17) is 11.6 Å². The molecule has 1 atom stereocenters. The van der Waals surface area contributed by atoms with Crippen molar-refractivity contribution < 1.29 is 0 Å². The molecule has 1 unspecified atom stereocenters. The molecule has 0 aliphatic rings. The molecule has 0 fully saturated rings. The van der Waals surface area contributed by atoms with E-state index >= 15 is 0 Å². The second kappa shape index (κ2) is 6.87. The number of aromatic nitrogens is 1. The molecule has 20 heavy (non-hydrogen) atoms. The molecule has 0 bridgehead atoms. The lowest BCUT2D eigenvalue weighted by Crippen LogP contribution is -2.23. The largest absolute Gasteiger partial charge is 0.306 e. The van der Waals surface area contributed by atoms with Gasteiger partial charge in [-0.15, -0.1) is 0 Å². The number of aryl methyl sites for hydroxylation is 2. The minimum absolute atomic E-state index is 0.188. The lowest BCUT2D eigenvalue weighted by atomic mass is 9.98. The van der Waals surface area contributed by atoms with E-state index in [1.165, 1.54) is 11.1 Å². The number of halogens is 1. The summed E-state index contributed by atoms with van der Waals surface area (Å²) in [5.74, 6) is 0. The first kappa shape index (κ1) is 15.0. The van der Waals surface area contributed by atoms with E-state index in [2.05, 4.69) is 41.5 Å². The van der Waals surface area contributed by atoms with E-state index in [9.17, 15) is 0 Å². The molecule has 106 valence electrons. The molecule has 2 rings (SSSR count). The van der Waals surface area contributed by atoms with Gasteiger partial charge in [0, 0.05) is 16.4 Å². The van der Waals surface area contributed by atoms with E-state index in [1.807, 2.05) is 26.0 Å². The Morgan fingerprint density at radius 1 is 1.05 bits per heavy atom. The molecule has 0 aliphatic heterocycles. The van der Waals surface area contributed by atoms with Crippen LogP contribution in [0, 0.1) is 13.8 Å². The predicted octanol–water partition coefficient (Wildman–Crippen LogP) is 4.44. The Bertz CT molecular complexity index is 543. The molecule has 0 spiro atoms. The van der Waals surface area contributed by atoms with Crippen molar-refractivity contribution in [2.24, 2.45) is 0 Å². The van der Waals surface area contributed by atoms with Crippen molar-refractivity contribution in [2.45, 2.75) is 33.2 Å². The Morgan fingerprint density at radius 2 is 1.65 bits per heavy atom. The van der Waals surface area contributed by atoms with Crippen molar-refractivity contribution in [3.05, 3.63) is 63.9 Å². The number of hydrogen-bond acceptors (Lipinski definition) is 2. The van der Waals surface area contributed by atoms with Gasteiger partial charge in [0.1, 0.15) is 0 Å². The molecule has 0 amide bonds. The van der Waals surface area contributed by atoms with Crippen LogP contribution in [0.2, 0.25) is 5.02 Å². The molecule has 0 saturated heterocycles. The zero-order chi connectivity index (χ0) is 14.5. The van der Waals surface area contributed by atoms with Crippen molar-refractivity contribution in [3.8, 4) is 0 Å². The fourth-order valence-corrected chi connectivity index (χ4v) is 2.53. The van der Waals surface area contributed by atoms with Crippen LogP contribution in [0.3, 0.4) is 0 Å². The van der Waals surface area contributed by atoms with E-state index in [0.29, 0.717) is 0 Å². The third-order valence-corrected chi connectivity index (χ3v) is 3.49. The Kier molecular flexibility index (Phi) is 5.16. The lowest BCUT2D eigenvalue weighted by molar-refractivity contribution is 0.597. The van der Waals surface area contributed by atoms with Gasteiger partial charge in [0.15, 0.2) is 0 Å². The zero-order valence-electron chi connectivity index (χ0n) is 12.3. The van der Waals surface area contributed by atoms with Crippen LogP contribution in [0.25, 0.3) is 0 Å². The monoisotopic (exact) mass is 288 g/mol. The summed E-state index contributed by atoms with van der Waals surface area (Å²) >= 11 is 5.99. The number of benzene rings is 1. The molecule has 1 N–H and O–H groups in total. The molecule has 1 aromatic carbocycles. The average Bonchev–Trinajstić information content (AvgIpc) is 2.40. The van der Waals surface area contributed by atoms with Crippen molar-refractivity contribution in [2.75, 3.05) is 6.54 Å². The summed E-state index contributed by atoms with van der Waals surface area (Å²) < 4.78 is 0. The minimum atomic E-state index is 0.188. The Labute approximate surface area is 126 Å². The van der Waals surface area contributed by atoms with Crippen LogP contribution in [-0.4, -0.2) is 11.5 Å². The molecular weight excluding hydrogens is 268 g/mol. The second-order valence-electron chi connectivity index (χ2n) is 5.12. The highest BCUT2D eigenvalue weighted by Gasteiger charge is 2.14. The van der Waals surface area contributed by atoms with Crippen molar-refractivity contribution in [1.29, 1.82) is 0 Å². The summed E-state index contributed by atoms with van der Waals surface area (Å²) in [7, 11) is 0. The van der Waals surface area contributed by atoms with Gasteiger partial charge in [-0.3, -0.25) is 4.98 Å². The maximum absolute atomic E-state index is 5.99. The van der Waals surface area contributed by atoms with Gasteiger partial charge in [-0.2, -0.15) is 0 Å². The van der Waals surface area contributed by atoms with Gasteiger partial charge < -0.3 is 5.32 Å². The normalized spacial score (nSPS) is 12.4. The topological polar surface area (TPSA) is 24.9 Å². The second-order valence-corrected chi connectivity index (χ2v) is 5.56. The highest BCUT2D eigenvalue weighted by Crippen LogP contribution is 2.24. The van der Waals surface area contributed by atoms with Gasteiger partial charge in [-0.05, 0) is 62.2 Å². The Hall–Kier alpha value is -1.38. The zero-order valence-corrected chi connectivity index (χ0v) is 13.0. The summed E-state index contributed by atoms with van der Waals surface area (Å²) in [6.45, 7) is 7.23. The van der Waals surface area contributed by atoms with Crippen LogP contribution in [0.1, 0.15) is 41.9 Å². The van der Waals surface area contributed by atoms with E-state index in [-0.39, 0.29) is 6.04 Å². The molecule has 1 aromatic heterocycles. The third kappa shape index (κ3) is 3.81. The number of nitrogens with zero attached hydrogens (tertiary/aromatic N) is 1. The molecule has 2 aromatic rings. The Balaban J connectivity index is 2.38. The van der Waals surface area contributed by atoms with E-state index < -0.39 is 0 Å². The smallest absolute Gasteiger partial charge is 0.0578 e. The summed E-state index contributed by atoms with van der Waals surface area (Å²) in [5, 5.41) is 4.37. The maximum atomic E-state index is 5.99. The molecule has 0 saturated carbocycles. The van der Waals surface area contributed by atoms with Crippen molar-refractivity contribution in [1.82, 2.24) is 10.3 Å². The standard InChI is InChI=1S/C17H21ClN2/c1-4-9-19-17(14-5-7-16(18)8-6-14)15-10-12(2)20-13(3)11-15/h5-8,10-11,17,19H,4,9H2,1-3H3. The van der Waals surface area contributed by atoms with E-state index in [1.54, 1.807) is 0 Å². The van der Waals surface area contributed by atoms with Crippen LogP contribution in [-0.2, 0) is 0 Å². The molecule has 1 heterocycles. The van der Waals surface area contributed by atoms with Gasteiger partial charge >= 0.3 is 0 Å². The highest BCUT2D eigenvalue weighted by molar-refractivity contribution is 6.30. The maximum Gasteiger partial charge on any atom is 0.0578 e. The number of nitrogens with one attached hydrogen (secondary N) is 1. The van der Waals surface area contributed by atoms with Crippen molar-refractivity contribution in [3.63, 3.8) is 0 Å². The van der Waals surface area contributed by atoms with Gasteiger partial charge in [0.05, 0.1) is 6.04 Å². The van der Waals surface area contributed by atoms with Gasteiger partial charge in [0.2, 0.25) is 0 Å². The van der Waals surface area contributed by atoms with Crippen molar-refractivity contribution >= 4 is 11.6 Å². The van der Waals surface area contributed by atoms with E-state index in [0.717, 1.165) is 29.4 Å². The van der Waals surface area contributed by atoms with Crippen LogP contribution in [0.4, 0.5) is 0 Å². The first-order valence-corrected chi connectivity index (χ1v) is 7.42. The number of rotatable bonds is 5. The lowest BCUT2D eigenvalue weighted by Gasteiger charge is -2.20. The summed E-state index contributed by atoms with van der Waals surface area (Å²) in [6.07, 6.45) is 1.10. The summed E-state index contributed by atoms with van der Waals surface area (Å²) in [5.41, 5.74) is 4.59. The van der Waals surface area contributed by atoms with Crippen LogP contribution in [0.5, 0.6) is 0 Å². The molecule has 3 heteroatoms. The van der Waals surface area contributed by atoms with Crippen LogP contribution >= 0.6 is 11.6 Å². The fourth-order valence-electron chi connectivity index (χ4n) is 2.41. The van der Waals surface area contributed by atoms with Crippen LogP contribution < -0.4 is 5.32 Å². The SMILES string of the molecule is CCCNC(c1ccc(Cl)cc1)c1cc(C)nc(C)c1. The predicted molar refractivity (Wildman–Crippen MR) is 85.3 cm³/mol. The number of hydrogen-bond donors (Lipinski definition) is 1. The first-order valence-electron chi connectivity index (χ1n) is 7.04.